The van der Waals surface area contributed by atoms with Gasteiger partial charge in [-0.05, 0) is 42.9 Å². The SMILES string of the molecule is O=C(C1COCCC1S(=O)(=O)N1CCC(c2ccc(Cl)cc2)CC1)N(O)O. The van der Waals surface area contributed by atoms with Crippen LogP contribution in [0.1, 0.15) is 30.7 Å². The Hall–Kier alpha value is -1.23. The van der Waals surface area contributed by atoms with E-state index in [4.69, 9.17) is 26.8 Å². The molecule has 2 saturated heterocycles. The largest absolute Gasteiger partial charge is 0.381 e. The molecule has 150 valence electrons. The van der Waals surface area contributed by atoms with Crippen molar-refractivity contribution in [1.82, 2.24) is 9.53 Å². The van der Waals surface area contributed by atoms with Crippen molar-refractivity contribution in [3.8, 4) is 0 Å². The monoisotopic (exact) mass is 418 g/mol. The lowest BCUT2D eigenvalue weighted by Gasteiger charge is -2.37. The minimum atomic E-state index is -3.76. The number of hydrogen-bond acceptors (Lipinski definition) is 6. The first-order valence-corrected chi connectivity index (χ1v) is 10.7. The summed E-state index contributed by atoms with van der Waals surface area (Å²) in [5.41, 5.74) is 1.13. The number of carbonyl (C=O) groups is 1. The van der Waals surface area contributed by atoms with E-state index in [9.17, 15) is 13.2 Å². The maximum Gasteiger partial charge on any atom is 0.279 e. The average molecular weight is 419 g/mol. The number of hydrogen-bond donors (Lipinski definition) is 2. The van der Waals surface area contributed by atoms with Gasteiger partial charge < -0.3 is 4.74 Å². The Bertz CT molecular complexity index is 762. The van der Waals surface area contributed by atoms with E-state index in [1.54, 1.807) is 0 Å². The first kappa shape index (κ1) is 20.5. The second-order valence-corrected chi connectivity index (χ2v) is 9.49. The number of benzene rings is 1. The van der Waals surface area contributed by atoms with Crippen LogP contribution in [0.25, 0.3) is 0 Å². The van der Waals surface area contributed by atoms with Gasteiger partial charge in [0.25, 0.3) is 5.91 Å². The highest BCUT2D eigenvalue weighted by atomic mass is 35.5. The predicted molar refractivity (Wildman–Crippen MR) is 97.1 cm³/mol. The molecule has 2 heterocycles. The van der Waals surface area contributed by atoms with Crippen LogP contribution in [0.4, 0.5) is 0 Å². The molecule has 2 fully saturated rings. The Balaban J connectivity index is 1.70. The highest BCUT2D eigenvalue weighted by Crippen LogP contribution is 2.33. The third-order valence-electron chi connectivity index (χ3n) is 5.35. The lowest BCUT2D eigenvalue weighted by molar-refractivity contribution is -0.289. The molecule has 0 saturated carbocycles. The Morgan fingerprint density at radius 1 is 1.15 bits per heavy atom. The maximum atomic E-state index is 13.1. The Morgan fingerprint density at radius 3 is 2.37 bits per heavy atom. The van der Waals surface area contributed by atoms with E-state index >= 15 is 0 Å². The van der Waals surface area contributed by atoms with E-state index in [2.05, 4.69) is 0 Å². The number of nitrogens with zero attached hydrogens (tertiary/aromatic N) is 2. The van der Waals surface area contributed by atoms with E-state index in [1.165, 1.54) is 4.31 Å². The molecule has 0 aromatic heterocycles. The summed E-state index contributed by atoms with van der Waals surface area (Å²) in [4.78, 5) is 12.0. The Labute approximate surface area is 163 Å². The van der Waals surface area contributed by atoms with Gasteiger partial charge in [0.15, 0.2) is 0 Å². The molecule has 10 heteroatoms. The van der Waals surface area contributed by atoms with Crippen LogP contribution < -0.4 is 0 Å². The van der Waals surface area contributed by atoms with Gasteiger partial charge in [-0.3, -0.25) is 15.2 Å². The van der Waals surface area contributed by atoms with Crippen molar-refractivity contribution in [2.45, 2.75) is 30.4 Å². The molecule has 2 atom stereocenters. The molecule has 0 bridgehead atoms. The second kappa shape index (κ2) is 8.42. The molecular weight excluding hydrogens is 396 g/mol. The van der Waals surface area contributed by atoms with Crippen LogP contribution in [0.3, 0.4) is 0 Å². The Morgan fingerprint density at radius 2 is 1.78 bits per heavy atom. The van der Waals surface area contributed by atoms with Gasteiger partial charge in [-0.2, -0.15) is 0 Å². The number of ether oxygens (including phenoxy) is 1. The molecule has 2 aliphatic rings. The molecule has 2 N–H and O–H groups in total. The molecule has 27 heavy (non-hydrogen) atoms. The van der Waals surface area contributed by atoms with Crippen LogP contribution in [0.5, 0.6) is 0 Å². The molecule has 1 aromatic rings. The second-order valence-electron chi connectivity index (χ2n) is 6.91. The van der Waals surface area contributed by atoms with Gasteiger partial charge in [0, 0.05) is 24.7 Å². The number of rotatable bonds is 4. The molecule has 2 aliphatic heterocycles. The quantitative estimate of drug-likeness (QED) is 0.570. The smallest absolute Gasteiger partial charge is 0.279 e. The summed E-state index contributed by atoms with van der Waals surface area (Å²) in [7, 11) is -3.76. The third-order valence-corrected chi connectivity index (χ3v) is 8.01. The molecule has 2 unspecified atom stereocenters. The Kier molecular flexibility index (Phi) is 6.39. The standard InChI is InChI=1S/C17H23ClN2O6S/c18-14-3-1-12(2-4-14)13-5-8-19(9-6-13)27(24,25)16-7-10-26-11-15(16)17(21)20(22)23/h1-4,13,15-16,22-23H,5-11H2. The first-order chi connectivity index (χ1) is 12.8. The maximum absolute atomic E-state index is 13.1. The number of carbonyl (C=O) groups excluding carboxylic acids is 1. The van der Waals surface area contributed by atoms with E-state index in [0.717, 1.165) is 5.56 Å². The first-order valence-electron chi connectivity index (χ1n) is 8.84. The van der Waals surface area contributed by atoms with E-state index in [-0.39, 0.29) is 25.6 Å². The highest BCUT2D eigenvalue weighted by Gasteiger charge is 2.45. The fourth-order valence-electron chi connectivity index (χ4n) is 3.82. The fourth-order valence-corrected chi connectivity index (χ4v) is 6.06. The summed E-state index contributed by atoms with van der Waals surface area (Å²) >= 11 is 5.92. The zero-order chi connectivity index (χ0) is 19.6. The van der Waals surface area contributed by atoms with Gasteiger partial charge in [0.1, 0.15) is 0 Å². The van der Waals surface area contributed by atoms with Crippen molar-refractivity contribution < 1.29 is 28.4 Å². The predicted octanol–water partition coefficient (Wildman–Crippen LogP) is 1.86. The van der Waals surface area contributed by atoms with Gasteiger partial charge in [0.2, 0.25) is 10.0 Å². The zero-order valence-corrected chi connectivity index (χ0v) is 16.3. The molecule has 8 nitrogen and oxygen atoms in total. The number of amides is 1. The lowest BCUT2D eigenvalue weighted by atomic mass is 9.90. The topological polar surface area (TPSA) is 107 Å². The number of sulfonamides is 1. The van der Waals surface area contributed by atoms with Gasteiger partial charge >= 0.3 is 0 Å². The lowest BCUT2D eigenvalue weighted by Crippen LogP contribution is -2.52. The fraction of sp³-hybridized carbons (Fsp3) is 0.588. The number of hydroxylamine groups is 2. The summed E-state index contributed by atoms with van der Waals surface area (Å²) in [6, 6.07) is 7.57. The van der Waals surface area contributed by atoms with Gasteiger partial charge in [-0.15, -0.1) is 0 Å². The van der Waals surface area contributed by atoms with E-state index < -0.39 is 32.3 Å². The van der Waals surface area contributed by atoms with Crippen molar-refractivity contribution in [1.29, 1.82) is 0 Å². The van der Waals surface area contributed by atoms with Crippen LogP contribution in [0.15, 0.2) is 24.3 Å². The molecule has 0 spiro atoms. The van der Waals surface area contributed by atoms with Crippen molar-refractivity contribution in [3.63, 3.8) is 0 Å². The van der Waals surface area contributed by atoms with Crippen LogP contribution >= 0.6 is 11.6 Å². The molecular formula is C17H23ClN2O6S. The summed E-state index contributed by atoms with van der Waals surface area (Å²) in [6.07, 6.45) is 1.49. The molecule has 1 amide bonds. The van der Waals surface area contributed by atoms with Crippen molar-refractivity contribution in [2.24, 2.45) is 5.92 Å². The zero-order valence-electron chi connectivity index (χ0n) is 14.7. The minimum absolute atomic E-state index is 0.143. The van der Waals surface area contributed by atoms with Gasteiger partial charge in [-0.1, -0.05) is 29.0 Å². The molecule has 0 aliphatic carbocycles. The minimum Gasteiger partial charge on any atom is -0.381 e. The van der Waals surface area contributed by atoms with Crippen molar-refractivity contribution in [2.75, 3.05) is 26.3 Å². The van der Waals surface area contributed by atoms with Crippen LogP contribution in [0, 0.1) is 5.92 Å². The molecule has 3 rings (SSSR count). The van der Waals surface area contributed by atoms with Crippen molar-refractivity contribution >= 4 is 27.5 Å². The van der Waals surface area contributed by atoms with Crippen LogP contribution in [0.2, 0.25) is 5.02 Å². The summed E-state index contributed by atoms with van der Waals surface area (Å²) in [5.74, 6) is -1.95. The van der Waals surface area contributed by atoms with E-state index in [1.807, 2.05) is 24.3 Å². The van der Waals surface area contributed by atoms with Crippen molar-refractivity contribution in [3.05, 3.63) is 34.9 Å². The number of halogens is 1. The van der Waals surface area contributed by atoms with Gasteiger partial charge in [0.05, 0.1) is 17.8 Å². The average Bonchev–Trinajstić information content (AvgIpc) is 2.68. The van der Waals surface area contributed by atoms with Gasteiger partial charge in [-0.25, -0.2) is 12.7 Å². The highest BCUT2D eigenvalue weighted by molar-refractivity contribution is 7.89. The summed E-state index contributed by atoms with van der Waals surface area (Å²) in [5, 5.41) is 17.1. The van der Waals surface area contributed by atoms with Crippen LogP contribution in [-0.2, 0) is 19.6 Å². The van der Waals surface area contributed by atoms with E-state index in [0.29, 0.717) is 31.0 Å². The summed E-state index contributed by atoms with van der Waals surface area (Å²) in [6.45, 7) is 0.777. The molecule has 1 aromatic carbocycles. The third kappa shape index (κ3) is 4.44. The van der Waals surface area contributed by atoms with Crippen LogP contribution in [-0.4, -0.2) is 65.8 Å². The number of piperidine rings is 1. The summed E-state index contributed by atoms with van der Waals surface area (Å²) < 4.78 is 32.8. The molecule has 0 radical (unpaired) electrons. The normalized spacial score (nSPS) is 25.3.